The molecule has 0 bridgehead atoms. The maximum absolute atomic E-state index is 6.57. The average Bonchev–Trinajstić information content (AvgIpc) is 3.04. The molecule has 134 valence electrons. The Kier molecular flexibility index (Phi) is 7.15. The van der Waals surface area contributed by atoms with Crippen molar-refractivity contribution in [2.24, 2.45) is 5.73 Å². The van der Waals surface area contributed by atoms with Crippen LogP contribution in [-0.4, -0.2) is 34.0 Å². The molecule has 6 heteroatoms. The summed E-state index contributed by atoms with van der Waals surface area (Å²) in [4.78, 5) is 0. The van der Waals surface area contributed by atoms with Crippen molar-refractivity contribution in [3.63, 3.8) is 0 Å². The molecule has 0 fully saturated rings. The topological polar surface area (TPSA) is 75.2 Å². The Morgan fingerprint density at radius 2 is 1.71 bits per heavy atom. The van der Waals surface area contributed by atoms with Gasteiger partial charge in [0.05, 0.1) is 18.7 Å². The number of unbranched alkanes of at least 4 members (excludes halogenated alkanes) is 2. The van der Waals surface area contributed by atoms with Crippen molar-refractivity contribution in [2.45, 2.75) is 64.8 Å². The van der Waals surface area contributed by atoms with E-state index in [0.29, 0.717) is 19.6 Å². The first kappa shape index (κ1) is 18.8. The Hall–Kier alpha value is -1.50. The van der Waals surface area contributed by atoms with E-state index >= 15 is 0 Å². The molecule has 0 radical (unpaired) electrons. The molecule has 0 aliphatic rings. The van der Waals surface area contributed by atoms with E-state index in [1.165, 1.54) is 0 Å². The minimum atomic E-state index is -0.888. The van der Waals surface area contributed by atoms with E-state index in [1.807, 2.05) is 31.2 Å². The van der Waals surface area contributed by atoms with E-state index in [4.69, 9.17) is 15.2 Å². The minimum Gasteiger partial charge on any atom is -0.347 e. The lowest BCUT2D eigenvalue weighted by molar-refractivity contribution is -0.265. The second kappa shape index (κ2) is 9.11. The third kappa shape index (κ3) is 4.12. The number of benzene rings is 1. The maximum Gasteiger partial charge on any atom is 0.204 e. The van der Waals surface area contributed by atoms with Crippen LogP contribution in [-0.2, 0) is 9.47 Å². The highest BCUT2D eigenvalue weighted by molar-refractivity contribution is 5.73. The van der Waals surface area contributed by atoms with Gasteiger partial charge in [0.15, 0.2) is 6.17 Å². The lowest BCUT2D eigenvalue weighted by Gasteiger charge is -2.37. The lowest BCUT2D eigenvalue weighted by Crippen LogP contribution is -2.49. The standard InChI is InChI=1S/C18H30N4O2/c1-4-7-13-23-18(6-3,24-14-8-5-2)17(19)22-16-12-10-9-11-15(16)20-21-22/h9-12,17H,4-8,13-14,19H2,1-3H3. The smallest absolute Gasteiger partial charge is 0.204 e. The number of ether oxygens (including phenoxy) is 2. The molecule has 1 atom stereocenters. The number of nitrogens with two attached hydrogens (primary N) is 1. The summed E-state index contributed by atoms with van der Waals surface area (Å²) in [5.41, 5.74) is 8.28. The van der Waals surface area contributed by atoms with Crippen molar-refractivity contribution in [3.05, 3.63) is 24.3 Å². The predicted molar refractivity (Wildman–Crippen MR) is 95.5 cm³/mol. The Balaban J connectivity index is 2.28. The van der Waals surface area contributed by atoms with Crippen molar-refractivity contribution in [1.29, 1.82) is 0 Å². The van der Waals surface area contributed by atoms with Crippen LogP contribution in [0.3, 0.4) is 0 Å². The van der Waals surface area contributed by atoms with Gasteiger partial charge in [0.2, 0.25) is 5.79 Å². The van der Waals surface area contributed by atoms with Gasteiger partial charge in [0, 0.05) is 6.42 Å². The van der Waals surface area contributed by atoms with Gasteiger partial charge in [-0.2, -0.15) is 0 Å². The molecule has 0 amide bonds. The quantitative estimate of drug-likeness (QED) is 0.502. The number of hydrogen-bond acceptors (Lipinski definition) is 5. The molecule has 1 unspecified atom stereocenters. The molecule has 1 aromatic heterocycles. The first-order valence-corrected chi connectivity index (χ1v) is 9.02. The van der Waals surface area contributed by atoms with Crippen LogP contribution < -0.4 is 5.73 Å². The fourth-order valence-corrected chi connectivity index (χ4v) is 2.68. The number of nitrogens with zero attached hydrogens (tertiary/aromatic N) is 3. The van der Waals surface area contributed by atoms with Gasteiger partial charge in [-0.05, 0) is 25.0 Å². The Morgan fingerprint density at radius 1 is 1.08 bits per heavy atom. The molecule has 6 nitrogen and oxygen atoms in total. The van der Waals surface area contributed by atoms with Crippen LogP contribution in [0.5, 0.6) is 0 Å². The molecule has 0 spiro atoms. The maximum atomic E-state index is 6.57. The molecular formula is C18H30N4O2. The van der Waals surface area contributed by atoms with Gasteiger partial charge in [0.1, 0.15) is 5.52 Å². The van der Waals surface area contributed by atoms with E-state index in [0.717, 1.165) is 36.7 Å². The zero-order valence-electron chi connectivity index (χ0n) is 15.1. The molecular weight excluding hydrogens is 304 g/mol. The highest BCUT2D eigenvalue weighted by Crippen LogP contribution is 2.30. The van der Waals surface area contributed by atoms with Gasteiger partial charge in [0.25, 0.3) is 0 Å². The third-order valence-electron chi connectivity index (χ3n) is 4.27. The molecule has 0 aliphatic heterocycles. The first-order chi connectivity index (χ1) is 11.7. The molecule has 1 aromatic carbocycles. The lowest BCUT2D eigenvalue weighted by atomic mass is 10.1. The van der Waals surface area contributed by atoms with Crippen LogP contribution in [0.2, 0.25) is 0 Å². The second-order valence-electron chi connectivity index (χ2n) is 6.04. The zero-order valence-corrected chi connectivity index (χ0v) is 15.1. The van der Waals surface area contributed by atoms with Crippen LogP contribution in [0.4, 0.5) is 0 Å². The molecule has 24 heavy (non-hydrogen) atoms. The van der Waals surface area contributed by atoms with Crippen LogP contribution in [0.15, 0.2) is 24.3 Å². The number of para-hydroxylation sites is 1. The normalized spacial score (nSPS) is 13.5. The zero-order chi connectivity index (χ0) is 17.4. The summed E-state index contributed by atoms with van der Waals surface area (Å²) in [7, 11) is 0. The van der Waals surface area contributed by atoms with Crippen molar-refractivity contribution in [2.75, 3.05) is 13.2 Å². The van der Waals surface area contributed by atoms with E-state index < -0.39 is 12.0 Å². The summed E-state index contributed by atoms with van der Waals surface area (Å²) in [6, 6.07) is 7.79. The number of rotatable bonds is 11. The van der Waals surface area contributed by atoms with Gasteiger partial charge in [-0.25, -0.2) is 4.68 Å². The summed E-state index contributed by atoms with van der Waals surface area (Å²) >= 11 is 0. The van der Waals surface area contributed by atoms with E-state index in [-0.39, 0.29) is 0 Å². The summed E-state index contributed by atoms with van der Waals surface area (Å²) in [5.74, 6) is -0.888. The monoisotopic (exact) mass is 334 g/mol. The van der Waals surface area contributed by atoms with Crippen LogP contribution >= 0.6 is 0 Å². The predicted octanol–water partition coefficient (Wildman–Crippen LogP) is 3.63. The fourth-order valence-electron chi connectivity index (χ4n) is 2.68. The summed E-state index contributed by atoms with van der Waals surface area (Å²) < 4.78 is 14.0. The van der Waals surface area contributed by atoms with E-state index in [1.54, 1.807) is 4.68 Å². The highest BCUT2D eigenvalue weighted by Gasteiger charge is 2.40. The SMILES string of the molecule is CCCCOC(CC)(OCCCC)C(N)n1nnc2ccccc21. The molecule has 2 aromatic rings. The van der Waals surface area contributed by atoms with Crippen molar-refractivity contribution in [3.8, 4) is 0 Å². The molecule has 0 aliphatic carbocycles. The molecule has 2 N–H and O–H groups in total. The average molecular weight is 334 g/mol. The summed E-state index contributed by atoms with van der Waals surface area (Å²) in [6.07, 6.45) is 4.18. The third-order valence-corrected chi connectivity index (χ3v) is 4.27. The van der Waals surface area contributed by atoms with Crippen LogP contribution in [0, 0.1) is 0 Å². The summed E-state index contributed by atoms with van der Waals surface area (Å²) in [6.45, 7) is 7.56. The molecule has 1 heterocycles. The van der Waals surface area contributed by atoms with Gasteiger partial charge in [-0.15, -0.1) is 5.10 Å². The van der Waals surface area contributed by atoms with Crippen LogP contribution in [0.1, 0.15) is 59.0 Å². The number of fused-ring (bicyclic) bond motifs is 1. The van der Waals surface area contributed by atoms with Crippen molar-refractivity contribution in [1.82, 2.24) is 15.0 Å². The largest absolute Gasteiger partial charge is 0.347 e. The molecule has 2 rings (SSSR count). The summed E-state index contributed by atoms with van der Waals surface area (Å²) in [5, 5.41) is 8.45. The van der Waals surface area contributed by atoms with Gasteiger partial charge >= 0.3 is 0 Å². The first-order valence-electron chi connectivity index (χ1n) is 9.02. The van der Waals surface area contributed by atoms with Crippen molar-refractivity contribution < 1.29 is 9.47 Å². The van der Waals surface area contributed by atoms with Gasteiger partial charge < -0.3 is 15.2 Å². The highest BCUT2D eigenvalue weighted by atomic mass is 16.7. The van der Waals surface area contributed by atoms with Crippen LogP contribution in [0.25, 0.3) is 11.0 Å². The van der Waals surface area contributed by atoms with E-state index in [2.05, 4.69) is 24.2 Å². The number of hydrogen-bond donors (Lipinski definition) is 1. The van der Waals surface area contributed by atoms with Gasteiger partial charge in [-0.1, -0.05) is 51.0 Å². The van der Waals surface area contributed by atoms with Crippen molar-refractivity contribution >= 4 is 11.0 Å². The Labute approximate surface area is 144 Å². The molecule has 0 saturated carbocycles. The number of aromatic nitrogens is 3. The Morgan fingerprint density at radius 3 is 2.29 bits per heavy atom. The minimum absolute atomic E-state index is 0.552. The molecule has 0 saturated heterocycles. The second-order valence-corrected chi connectivity index (χ2v) is 6.04. The Bertz CT molecular complexity index is 604. The van der Waals surface area contributed by atoms with Gasteiger partial charge in [-0.3, -0.25) is 0 Å². The van der Waals surface area contributed by atoms with E-state index in [9.17, 15) is 0 Å². The fraction of sp³-hybridized carbons (Fsp3) is 0.667.